The van der Waals surface area contributed by atoms with E-state index in [1.807, 2.05) is 0 Å². The average molecular weight is 317 g/mol. The quantitative estimate of drug-likeness (QED) is 0.880. The molecule has 120 valence electrons. The molecule has 0 saturated heterocycles. The lowest BCUT2D eigenvalue weighted by molar-refractivity contribution is 0.00604. The molecule has 1 amide bonds. The standard InChI is InChI=1S/C16H16FN3O3/c1-16(2,3)23-15(22)13-12(18-8-9-19-13)14(21)20-11-7-5-4-6-10(11)17/h4-9H,1-3H3,(H,20,21). The molecule has 1 N–H and O–H groups in total. The first-order chi connectivity index (χ1) is 10.8. The Balaban J connectivity index is 2.28. The van der Waals surface area contributed by atoms with Gasteiger partial charge < -0.3 is 10.1 Å². The van der Waals surface area contributed by atoms with Crippen LogP contribution in [0.3, 0.4) is 0 Å². The number of carbonyl (C=O) groups is 2. The normalized spacial score (nSPS) is 11.0. The molecule has 1 heterocycles. The van der Waals surface area contributed by atoms with E-state index in [0.29, 0.717) is 0 Å². The van der Waals surface area contributed by atoms with Gasteiger partial charge in [-0.05, 0) is 32.9 Å². The largest absolute Gasteiger partial charge is 0.455 e. The number of esters is 1. The Morgan fingerprint density at radius 2 is 1.70 bits per heavy atom. The number of nitrogens with zero attached hydrogens (tertiary/aromatic N) is 2. The highest BCUT2D eigenvalue weighted by molar-refractivity contribution is 6.08. The molecule has 7 heteroatoms. The Bertz CT molecular complexity index is 741. The van der Waals surface area contributed by atoms with Crippen molar-refractivity contribution in [2.45, 2.75) is 26.4 Å². The van der Waals surface area contributed by atoms with Crippen molar-refractivity contribution in [3.05, 3.63) is 53.9 Å². The Labute approximate surface area is 132 Å². The number of anilines is 1. The first-order valence-corrected chi connectivity index (χ1v) is 6.88. The maximum absolute atomic E-state index is 13.6. The monoisotopic (exact) mass is 317 g/mol. The SMILES string of the molecule is CC(C)(C)OC(=O)c1nccnc1C(=O)Nc1ccccc1F. The molecule has 0 fully saturated rings. The molecular weight excluding hydrogens is 301 g/mol. The van der Waals surface area contributed by atoms with Gasteiger partial charge in [-0.25, -0.2) is 19.2 Å². The lowest BCUT2D eigenvalue weighted by atomic mass is 10.2. The van der Waals surface area contributed by atoms with Gasteiger partial charge in [-0.1, -0.05) is 12.1 Å². The molecule has 0 saturated carbocycles. The van der Waals surface area contributed by atoms with Crippen LogP contribution in [0.15, 0.2) is 36.7 Å². The summed E-state index contributed by atoms with van der Waals surface area (Å²) in [5, 5.41) is 2.36. The summed E-state index contributed by atoms with van der Waals surface area (Å²) in [6, 6.07) is 5.68. The molecule has 0 atom stereocenters. The molecule has 0 aliphatic heterocycles. The van der Waals surface area contributed by atoms with Gasteiger partial charge in [-0.15, -0.1) is 0 Å². The summed E-state index contributed by atoms with van der Waals surface area (Å²) in [6.45, 7) is 5.08. The predicted octanol–water partition coefficient (Wildman–Crippen LogP) is 2.82. The van der Waals surface area contributed by atoms with Crippen molar-refractivity contribution >= 4 is 17.6 Å². The van der Waals surface area contributed by atoms with E-state index in [2.05, 4.69) is 15.3 Å². The lowest BCUT2D eigenvalue weighted by Gasteiger charge is -2.19. The number of hydrogen-bond donors (Lipinski definition) is 1. The minimum atomic E-state index is -0.774. The number of hydrogen-bond acceptors (Lipinski definition) is 5. The molecule has 1 aromatic carbocycles. The van der Waals surface area contributed by atoms with E-state index in [9.17, 15) is 14.0 Å². The molecule has 2 aromatic rings. The van der Waals surface area contributed by atoms with E-state index in [1.165, 1.54) is 30.6 Å². The second kappa shape index (κ2) is 6.51. The van der Waals surface area contributed by atoms with Crippen molar-refractivity contribution < 1.29 is 18.7 Å². The number of rotatable bonds is 3. The third-order valence-corrected chi connectivity index (χ3v) is 2.63. The maximum atomic E-state index is 13.6. The molecule has 2 rings (SSSR count). The lowest BCUT2D eigenvalue weighted by Crippen LogP contribution is -2.27. The van der Waals surface area contributed by atoms with E-state index < -0.39 is 23.3 Å². The van der Waals surface area contributed by atoms with Crippen LogP contribution in [0, 0.1) is 5.82 Å². The number of ether oxygens (including phenoxy) is 1. The van der Waals surface area contributed by atoms with Crippen LogP contribution in [0.5, 0.6) is 0 Å². The molecule has 0 bridgehead atoms. The fourth-order valence-corrected chi connectivity index (χ4v) is 1.72. The van der Waals surface area contributed by atoms with Crippen molar-refractivity contribution in [3.63, 3.8) is 0 Å². The second-order valence-electron chi connectivity index (χ2n) is 5.69. The fourth-order valence-electron chi connectivity index (χ4n) is 1.72. The van der Waals surface area contributed by atoms with Gasteiger partial charge in [0.05, 0.1) is 5.69 Å². The number of halogens is 1. The molecule has 0 unspecified atom stereocenters. The van der Waals surface area contributed by atoms with Crippen LogP contribution in [0.4, 0.5) is 10.1 Å². The second-order valence-corrected chi connectivity index (χ2v) is 5.69. The van der Waals surface area contributed by atoms with Crippen molar-refractivity contribution in [3.8, 4) is 0 Å². The highest BCUT2D eigenvalue weighted by Crippen LogP contribution is 2.16. The number of carbonyl (C=O) groups excluding carboxylic acids is 2. The van der Waals surface area contributed by atoms with E-state index >= 15 is 0 Å². The molecule has 0 radical (unpaired) electrons. The third-order valence-electron chi connectivity index (χ3n) is 2.63. The van der Waals surface area contributed by atoms with Crippen LogP contribution in [-0.4, -0.2) is 27.4 Å². The van der Waals surface area contributed by atoms with Gasteiger partial charge in [0.25, 0.3) is 5.91 Å². The van der Waals surface area contributed by atoms with Gasteiger partial charge in [0.1, 0.15) is 11.4 Å². The summed E-state index contributed by atoms with van der Waals surface area (Å²) in [4.78, 5) is 32.1. The first-order valence-electron chi connectivity index (χ1n) is 6.88. The van der Waals surface area contributed by atoms with Crippen LogP contribution < -0.4 is 5.32 Å². The zero-order valence-corrected chi connectivity index (χ0v) is 13.0. The minimum absolute atomic E-state index is 0.0155. The Hall–Kier alpha value is -2.83. The minimum Gasteiger partial charge on any atom is -0.455 e. The highest BCUT2D eigenvalue weighted by atomic mass is 19.1. The van der Waals surface area contributed by atoms with Gasteiger partial charge in [-0.2, -0.15) is 0 Å². The highest BCUT2D eigenvalue weighted by Gasteiger charge is 2.25. The number of amides is 1. The van der Waals surface area contributed by atoms with Crippen molar-refractivity contribution in [2.75, 3.05) is 5.32 Å². The summed E-state index contributed by atoms with van der Waals surface area (Å²) in [7, 11) is 0. The molecular formula is C16H16FN3O3. The Morgan fingerprint density at radius 3 is 2.30 bits per heavy atom. The van der Waals surface area contributed by atoms with Crippen LogP contribution in [0.25, 0.3) is 0 Å². The van der Waals surface area contributed by atoms with E-state index in [1.54, 1.807) is 26.8 Å². The molecule has 0 spiro atoms. The van der Waals surface area contributed by atoms with Gasteiger partial charge in [0.15, 0.2) is 11.4 Å². The Kier molecular flexibility index (Phi) is 4.68. The zero-order chi connectivity index (χ0) is 17.0. The molecule has 0 aliphatic rings. The van der Waals surface area contributed by atoms with Gasteiger partial charge >= 0.3 is 5.97 Å². The number of benzene rings is 1. The third kappa shape index (κ3) is 4.32. The number of aromatic nitrogens is 2. The van der Waals surface area contributed by atoms with Crippen molar-refractivity contribution in [2.24, 2.45) is 0 Å². The maximum Gasteiger partial charge on any atom is 0.359 e. The summed E-state index contributed by atoms with van der Waals surface area (Å²) >= 11 is 0. The summed E-state index contributed by atoms with van der Waals surface area (Å²) in [6.07, 6.45) is 2.54. The molecule has 1 aromatic heterocycles. The van der Waals surface area contributed by atoms with Gasteiger partial charge in [-0.3, -0.25) is 4.79 Å². The number of nitrogens with one attached hydrogen (secondary N) is 1. The Morgan fingerprint density at radius 1 is 1.09 bits per heavy atom. The van der Waals surface area contributed by atoms with Crippen LogP contribution in [-0.2, 0) is 4.74 Å². The number of para-hydroxylation sites is 1. The zero-order valence-electron chi connectivity index (χ0n) is 13.0. The van der Waals surface area contributed by atoms with Gasteiger partial charge in [0, 0.05) is 12.4 Å². The summed E-state index contributed by atoms with van der Waals surface area (Å²) in [5.41, 5.74) is -1.21. The van der Waals surface area contributed by atoms with E-state index in [-0.39, 0.29) is 17.1 Å². The molecule has 0 aliphatic carbocycles. The molecule has 23 heavy (non-hydrogen) atoms. The van der Waals surface area contributed by atoms with E-state index in [4.69, 9.17) is 4.74 Å². The topological polar surface area (TPSA) is 81.2 Å². The fraction of sp³-hybridized carbons (Fsp3) is 0.250. The smallest absolute Gasteiger partial charge is 0.359 e. The van der Waals surface area contributed by atoms with Crippen molar-refractivity contribution in [1.82, 2.24) is 9.97 Å². The summed E-state index contributed by atoms with van der Waals surface area (Å²) < 4.78 is 18.8. The predicted molar refractivity (Wildman–Crippen MR) is 81.6 cm³/mol. The van der Waals surface area contributed by atoms with E-state index in [0.717, 1.165) is 0 Å². The van der Waals surface area contributed by atoms with Crippen LogP contribution in [0.1, 0.15) is 41.7 Å². The van der Waals surface area contributed by atoms with Crippen molar-refractivity contribution in [1.29, 1.82) is 0 Å². The first kappa shape index (κ1) is 16.5. The van der Waals surface area contributed by atoms with Crippen LogP contribution >= 0.6 is 0 Å². The van der Waals surface area contributed by atoms with Crippen LogP contribution in [0.2, 0.25) is 0 Å². The summed E-state index contributed by atoms with van der Waals surface area (Å²) in [5.74, 6) is -2.11. The molecule has 6 nitrogen and oxygen atoms in total. The van der Waals surface area contributed by atoms with Gasteiger partial charge in [0.2, 0.25) is 0 Å². The average Bonchev–Trinajstić information content (AvgIpc) is 2.48.